The predicted molar refractivity (Wildman–Crippen MR) is 67.8 cm³/mol. The van der Waals surface area contributed by atoms with Gasteiger partial charge in [0.1, 0.15) is 0 Å². The predicted octanol–water partition coefficient (Wildman–Crippen LogP) is 1.07. The van der Waals surface area contributed by atoms with Gasteiger partial charge in [-0.15, -0.1) is 11.3 Å². The van der Waals surface area contributed by atoms with Gasteiger partial charge in [-0.1, -0.05) is 0 Å². The van der Waals surface area contributed by atoms with Crippen molar-refractivity contribution >= 4 is 22.4 Å². The molecule has 5 nitrogen and oxygen atoms in total. The van der Waals surface area contributed by atoms with E-state index in [0.717, 1.165) is 37.7 Å². The summed E-state index contributed by atoms with van der Waals surface area (Å²) in [7, 11) is 3.51. The lowest BCUT2D eigenvalue weighted by molar-refractivity contribution is 0.0595. The quantitative estimate of drug-likeness (QED) is 0.740. The Balaban J connectivity index is 2.06. The molecule has 0 radical (unpaired) electrons. The van der Waals surface area contributed by atoms with Crippen LogP contribution in [-0.2, 0) is 4.74 Å². The summed E-state index contributed by atoms with van der Waals surface area (Å²) in [4.78, 5) is 20.2. The minimum absolute atomic E-state index is 0.362. The number of ether oxygens (including phenoxy) is 1. The third-order valence-corrected chi connectivity index (χ3v) is 3.78. The Labute approximate surface area is 105 Å². The number of carbonyl (C=O) groups is 1. The molecule has 0 aliphatic carbocycles. The number of thiazole rings is 1. The van der Waals surface area contributed by atoms with Crippen molar-refractivity contribution < 1.29 is 9.53 Å². The molecule has 17 heavy (non-hydrogen) atoms. The van der Waals surface area contributed by atoms with E-state index in [0.29, 0.717) is 5.69 Å². The van der Waals surface area contributed by atoms with Crippen LogP contribution in [0.2, 0.25) is 0 Å². The first-order valence-corrected chi connectivity index (χ1v) is 6.56. The summed E-state index contributed by atoms with van der Waals surface area (Å²) in [5.74, 6) is -0.362. The third-order valence-electron chi connectivity index (χ3n) is 2.88. The SMILES string of the molecule is COC(=O)c1csc(N2CCCN(C)CC2)n1. The molecule has 2 heterocycles. The third kappa shape index (κ3) is 2.95. The Morgan fingerprint density at radius 3 is 3.00 bits per heavy atom. The van der Waals surface area contributed by atoms with Crippen LogP contribution < -0.4 is 4.90 Å². The summed E-state index contributed by atoms with van der Waals surface area (Å²) >= 11 is 1.51. The lowest BCUT2D eigenvalue weighted by Crippen LogP contribution is -2.28. The number of hydrogen-bond donors (Lipinski definition) is 0. The van der Waals surface area contributed by atoms with E-state index < -0.39 is 0 Å². The summed E-state index contributed by atoms with van der Waals surface area (Å²) in [6, 6.07) is 0. The highest BCUT2D eigenvalue weighted by molar-refractivity contribution is 7.13. The summed E-state index contributed by atoms with van der Waals surface area (Å²) < 4.78 is 4.66. The van der Waals surface area contributed by atoms with Gasteiger partial charge >= 0.3 is 5.97 Å². The molecule has 1 aliphatic rings. The molecule has 0 saturated carbocycles. The second-order valence-corrected chi connectivity index (χ2v) is 4.99. The van der Waals surface area contributed by atoms with E-state index in [1.54, 1.807) is 5.38 Å². The highest BCUT2D eigenvalue weighted by Gasteiger charge is 2.17. The van der Waals surface area contributed by atoms with Crippen molar-refractivity contribution in [2.45, 2.75) is 6.42 Å². The maximum atomic E-state index is 11.3. The Morgan fingerprint density at radius 2 is 2.24 bits per heavy atom. The summed E-state index contributed by atoms with van der Waals surface area (Å²) in [5.41, 5.74) is 0.408. The van der Waals surface area contributed by atoms with E-state index in [-0.39, 0.29) is 5.97 Å². The second-order valence-electron chi connectivity index (χ2n) is 4.15. The molecule has 1 aliphatic heterocycles. The lowest BCUT2D eigenvalue weighted by atomic mass is 10.4. The van der Waals surface area contributed by atoms with Gasteiger partial charge in [0.05, 0.1) is 7.11 Å². The van der Waals surface area contributed by atoms with E-state index in [1.807, 2.05) is 0 Å². The van der Waals surface area contributed by atoms with E-state index in [9.17, 15) is 4.79 Å². The fourth-order valence-corrected chi connectivity index (χ4v) is 2.69. The average Bonchev–Trinajstić information content (AvgIpc) is 2.72. The molecule has 0 atom stereocenters. The van der Waals surface area contributed by atoms with Gasteiger partial charge in [-0.25, -0.2) is 9.78 Å². The van der Waals surface area contributed by atoms with Crippen LogP contribution in [0.5, 0.6) is 0 Å². The highest BCUT2D eigenvalue weighted by atomic mass is 32.1. The first kappa shape index (κ1) is 12.3. The zero-order valence-corrected chi connectivity index (χ0v) is 11.0. The standard InChI is InChI=1S/C11H17N3O2S/c1-13-4-3-5-14(7-6-13)11-12-9(8-17-11)10(15)16-2/h8H,3-7H2,1-2H3. The number of nitrogens with zero attached hydrogens (tertiary/aromatic N) is 3. The van der Waals surface area contributed by atoms with E-state index in [2.05, 4.69) is 26.6 Å². The number of hydrogen-bond acceptors (Lipinski definition) is 6. The Hall–Kier alpha value is -1.14. The number of esters is 1. The molecule has 2 rings (SSSR count). The smallest absolute Gasteiger partial charge is 0.357 e. The molecule has 0 N–H and O–H groups in total. The van der Waals surface area contributed by atoms with Crippen LogP contribution in [0.4, 0.5) is 5.13 Å². The van der Waals surface area contributed by atoms with Gasteiger partial charge in [0, 0.05) is 25.0 Å². The number of likely N-dealkylation sites (N-methyl/N-ethyl adjacent to an activating group) is 1. The van der Waals surface area contributed by atoms with E-state index >= 15 is 0 Å². The van der Waals surface area contributed by atoms with Crippen LogP contribution in [0.3, 0.4) is 0 Å². The highest BCUT2D eigenvalue weighted by Crippen LogP contribution is 2.22. The van der Waals surface area contributed by atoms with Crippen molar-refractivity contribution in [1.82, 2.24) is 9.88 Å². The molecular formula is C11H17N3O2S. The molecule has 0 spiro atoms. The fraction of sp³-hybridized carbons (Fsp3) is 0.636. The first-order chi connectivity index (χ1) is 8.20. The zero-order valence-electron chi connectivity index (χ0n) is 10.2. The van der Waals surface area contributed by atoms with Crippen molar-refractivity contribution in [3.8, 4) is 0 Å². The maximum absolute atomic E-state index is 11.3. The lowest BCUT2D eigenvalue weighted by Gasteiger charge is -2.18. The van der Waals surface area contributed by atoms with Gasteiger partial charge < -0.3 is 14.5 Å². The number of anilines is 1. The Bertz CT molecular complexity index is 394. The minimum atomic E-state index is -0.362. The van der Waals surface area contributed by atoms with Crippen LogP contribution in [0.25, 0.3) is 0 Å². The molecule has 6 heteroatoms. The Morgan fingerprint density at radius 1 is 1.41 bits per heavy atom. The molecule has 94 valence electrons. The molecule has 1 saturated heterocycles. The summed E-state index contributed by atoms with van der Waals surface area (Å²) in [5, 5.41) is 2.68. The van der Waals surface area contributed by atoms with Crippen LogP contribution in [-0.4, -0.2) is 56.2 Å². The van der Waals surface area contributed by atoms with E-state index in [1.165, 1.54) is 18.4 Å². The number of aromatic nitrogens is 1. The number of methoxy groups -OCH3 is 1. The molecule has 0 bridgehead atoms. The first-order valence-electron chi connectivity index (χ1n) is 5.68. The van der Waals surface area contributed by atoms with Crippen LogP contribution in [0, 0.1) is 0 Å². The molecule has 1 fully saturated rings. The van der Waals surface area contributed by atoms with Gasteiger partial charge in [-0.3, -0.25) is 0 Å². The molecule has 1 aromatic rings. The number of carbonyl (C=O) groups excluding carboxylic acids is 1. The largest absolute Gasteiger partial charge is 0.464 e. The minimum Gasteiger partial charge on any atom is -0.464 e. The van der Waals surface area contributed by atoms with Crippen LogP contribution in [0.1, 0.15) is 16.9 Å². The zero-order chi connectivity index (χ0) is 12.3. The van der Waals surface area contributed by atoms with Gasteiger partial charge in [0.2, 0.25) is 0 Å². The van der Waals surface area contributed by atoms with Gasteiger partial charge in [-0.05, 0) is 20.0 Å². The monoisotopic (exact) mass is 255 g/mol. The number of rotatable bonds is 2. The topological polar surface area (TPSA) is 45.7 Å². The normalized spacial score (nSPS) is 17.9. The van der Waals surface area contributed by atoms with Gasteiger partial charge in [0.15, 0.2) is 10.8 Å². The van der Waals surface area contributed by atoms with Gasteiger partial charge in [0.25, 0.3) is 0 Å². The van der Waals surface area contributed by atoms with Crippen molar-refractivity contribution in [2.24, 2.45) is 0 Å². The second kappa shape index (κ2) is 5.46. The molecule has 1 aromatic heterocycles. The van der Waals surface area contributed by atoms with E-state index in [4.69, 9.17) is 0 Å². The Kier molecular flexibility index (Phi) is 3.96. The van der Waals surface area contributed by atoms with Crippen molar-refractivity contribution in [1.29, 1.82) is 0 Å². The maximum Gasteiger partial charge on any atom is 0.357 e. The molecule has 0 amide bonds. The van der Waals surface area contributed by atoms with Crippen molar-refractivity contribution in [3.63, 3.8) is 0 Å². The van der Waals surface area contributed by atoms with Gasteiger partial charge in [-0.2, -0.15) is 0 Å². The average molecular weight is 255 g/mol. The summed E-state index contributed by atoms with van der Waals surface area (Å²) in [6.45, 7) is 4.11. The van der Waals surface area contributed by atoms with Crippen LogP contribution in [0.15, 0.2) is 5.38 Å². The van der Waals surface area contributed by atoms with Crippen molar-refractivity contribution in [2.75, 3.05) is 45.2 Å². The summed E-state index contributed by atoms with van der Waals surface area (Å²) in [6.07, 6.45) is 1.13. The van der Waals surface area contributed by atoms with Crippen molar-refractivity contribution in [3.05, 3.63) is 11.1 Å². The van der Waals surface area contributed by atoms with Crippen LogP contribution >= 0.6 is 11.3 Å². The molecule has 0 unspecified atom stereocenters. The molecular weight excluding hydrogens is 238 g/mol. The molecule has 0 aromatic carbocycles. The fourth-order valence-electron chi connectivity index (χ4n) is 1.85.